The number of benzene rings is 8. The van der Waals surface area contributed by atoms with Gasteiger partial charge in [-0.05, 0) is 70.8 Å². The number of hydrogen-bond donors (Lipinski definition) is 8. The molecule has 8 heterocycles. The first-order chi connectivity index (χ1) is 39.4. The van der Waals surface area contributed by atoms with Crippen molar-refractivity contribution in [1.82, 2.24) is 39.9 Å². The Morgan fingerprint density at radius 2 is 0.488 bits per heavy atom. The van der Waals surface area contributed by atoms with E-state index in [2.05, 4.69) is 61.1 Å². The minimum atomic E-state index is -1.20. The molecule has 22 heteroatoms. The molecule has 388 valence electrons. The number of imidazole rings is 4. The van der Waals surface area contributed by atoms with Crippen LogP contribution in [0.5, 0.6) is 0 Å². The quantitative estimate of drug-likeness (QED) is 0.0676. The van der Waals surface area contributed by atoms with Crippen molar-refractivity contribution in [2.24, 2.45) is 20.0 Å². The van der Waals surface area contributed by atoms with Crippen LogP contribution in [0.1, 0.15) is 22.3 Å². The molecule has 0 atom stereocenters. The number of guanidine groups is 4. The monoisotopic (exact) mass is 1170 g/mol. The van der Waals surface area contributed by atoms with Crippen LogP contribution in [0.15, 0.2) is 238 Å². The summed E-state index contributed by atoms with van der Waals surface area (Å²) in [6.07, 6.45) is 0. The van der Waals surface area contributed by atoms with Crippen LogP contribution in [0.3, 0.4) is 0 Å². The maximum absolute atomic E-state index is 5.13. The predicted octanol–water partition coefficient (Wildman–Crippen LogP) is 12.3. The fraction of sp³-hybridized carbons (Fsp3) is 0.0667. The summed E-state index contributed by atoms with van der Waals surface area (Å²) in [5.74, 6) is 3.67. The minimum absolute atomic E-state index is 0. The second-order valence-corrected chi connectivity index (χ2v) is 19.3. The average molecular weight is 1180 g/mol. The first kappa shape index (κ1) is 51.4. The van der Waals surface area contributed by atoms with E-state index in [9.17, 15) is 0 Å². The summed E-state index contributed by atoms with van der Waals surface area (Å²) in [7, 11) is 0. The van der Waals surface area contributed by atoms with Crippen molar-refractivity contribution in [2.75, 3.05) is 21.3 Å². The number of anilines is 4. The molecule has 4 aromatic heterocycles. The maximum Gasteiger partial charge on any atom is 2.00 e. The summed E-state index contributed by atoms with van der Waals surface area (Å²) in [4.78, 5) is 52.3. The molecular formula is C60H44N20Zn2. The molecule has 0 aliphatic carbocycles. The molecule has 0 fully saturated rings. The van der Waals surface area contributed by atoms with Gasteiger partial charge in [-0.3, -0.25) is 0 Å². The predicted molar refractivity (Wildman–Crippen MR) is 315 cm³/mol. The van der Waals surface area contributed by atoms with Crippen LogP contribution < -0.4 is 21.3 Å². The molecule has 0 amide bonds. The Bertz CT molecular complexity index is 3810. The maximum atomic E-state index is 5.13. The smallest absolute Gasteiger partial charge is 0.383 e. The fourth-order valence-electron chi connectivity index (χ4n) is 10.7. The van der Waals surface area contributed by atoms with E-state index in [-0.39, 0.29) is 39.0 Å². The normalized spacial score (nSPS) is 20.9. The van der Waals surface area contributed by atoms with Crippen LogP contribution >= 0.6 is 0 Å². The van der Waals surface area contributed by atoms with E-state index in [1.807, 2.05) is 218 Å². The van der Waals surface area contributed by atoms with Gasteiger partial charge in [-0.1, -0.05) is 170 Å². The molecule has 0 unspecified atom stereocenters. The SMILES string of the molecule is [Zn+2].[Zn+2].c1ccc(C23N=C(Nc4nc5ccccc5[nH]4)[N-]C2(c2ccccc2)[N-]C(Nc2nc4ccccc4[nH]2)=N3)cc1.c1ccc(C23N=C(Nc4nc5ccccc5[nH]4)[N-]C2(c2ccccc2)[N-]C(Nc2nc4ccccc4[nH]2)=N3)cc1. The topological polar surface area (TPSA) is 269 Å². The number of aliphatic imine (C=N–C) groups is 4. The first-order valence-corrected chi connectivity index (χ1v) is 25.8. The molecule has 0 saturated heterocycles. The molecule has 8 N–H and O–H groups in total. The van der Waals surface area contributed by atoms with Crippen LogP contribution in [0.4, 0.5) is 23.8 Å². The molecule has 0 spiro atoms. The van der Waals surface area contributed by atoms with Gasteiger partial charge in [0, 0.05) is 23.8 Å². The second-order valence-electron chi connectivity index (χ2n) is 19.3. The van der Waals surface area contributed by atoms with Crippen LogP contribution in [0, 0.1) is 0 Å². The van der Waals surface area contributed by atoms with Crippen molar-refractivity contribution < 1.29 is 39.0 Å². The number of nitrogens with zero attached hydrogens (tertiary/aromatic N) is 12. The van der Waals surface area contributed by atoms with Crippen molar-refractivity contribution in [1.29, 1.82) is 0 Å². The second kappa shape index (κ2) is 20.6. The number of aromatic nitrogens is 8. The number of aromatic amines is 4. The molecular weight excluding hydrogens is 1130 g/mol. The van der Waals surface area contributed by atoms with E-state index < -0.39 is 22.7 Å². The van der Waals surface area contributed by atoms with E-state index in [4.69, 9.17) is 41.2 Å². The molecule has 20 nitrogen and oxygen atoms in total. The zero-order valence-corrected chi connectivity index (χ0v) is 49.5. The number of para-hydroxylation sites is 8. The molecule has 0 bridgehead atoms. The summed E-state index contributed by atoms with van der Waals surface area (Å²) >= 11 is 0. The number of fused-ring (bicyclic) bond motifs is 6. The zero-order chi connectivity index (χ0) is 53.1. The van der Waals surface area contributed by atoms with Crippen LogP contribution in [0.25, 0.3) is 65.4 Å². The van der Waals surface area contributed by atoms with Crippen LogP contribution in [-0.4, -0.2) is 63.7 Å². The van der Waals surface area contributed by atoms with Crippen LogP contribution in [0.2, 0.25) is 0 Å². The Morgan fingerprint density at radius 1 is 0.268 bits per heavy atom. The van der Waals surface area contributed by atoms with Gasteiger partial charge in [-0.15, -0.1) is 0 Å². The molecule has 0 radical (unpaired) electrons. The number of hydrogen-bond acceptors (Lipinski definition) is 12. The van der Waals surface area contributed by atoms with Crippen molar-refractivity contribution in [2.45, 2.75) is 22.7 Å². The van der Waals surface area contributed by atoms with E-state index in [1.165, 1.54) is 0 Å². The molecule has 16 rings (SSSR count). The summed E-state index contributed by atoms with van der Waals surface area (Å²) in [6, 6.07) is 71.1. The summed E-state index contributed by atoms with van der Waals surface area (Å²) in [5.41, 5.74) is 5.69. The van der Waals surface area contributed by atoms with Gasteiger partial charge >= 0.3 is 39.0 Å². The fourth-order valence-corrected chi connectivity index (χ4v) is 10.7. The number of rotatable bonds is 8. The van der Waals surface area contributed by atoms with Gasteiger partial charge in [-0.2, -0.15) is 0 Å². The number of nitrogens with one attached hydrogen (secondary N) is 8. The Kier molecular flexibility index (Phi) is 12.9. The van der Waals surface area contributed by atoms with Gasteiger partial charge in [0.1, 0.15) is 23.8 Å². The van der Waals surface area contributed by atoms with Gasteiger partial charge in [0.25, 0.3) is 0 Å². The van der Waals surface area contributed by atoms with Gasteiger partial charge in [0.2, 0.25) is 0 Å². The van der Waals surface area contributed by atoms with Gasteiger partial charge in [0.15, 0.2) is 0 Å². The Balaban J connectivity index is 0.000000150. The summed E-state index contributed by atoms with van der Waals surface area (Å²) in [6.45, 7) is 0. The molecule has 0 saturated carbocycles. The molecule has 82 heavy (non-hydrogen) atoms. The van der Waals surface area contributed by atoms with Gasteiger partial charge in [0.05, 0.1) is 66.8 Å². The van der Waals surface area contributed by atoms with Gasteiger partial charge in [-0.25, -0.2) is 19.9 Å². The van der Waals surface area contributed by atoms with Crippen molar-refractivity contribution in [3.05, 3.63) is 262 Å². The standard InChI is InChI=1S/2C30H22N10.2Zn/c2*1-3-11-19(12-4-1)29-30(20-13-5-2-6-14-20,39-27(37-29)35-25-31-21-15-7-8-16-22(21)32-25)40-28(38-29)36-26-33-23-17-9-10-18-24(23)34-26;;/h2*1-18H,(H4-2,31,32,33,34,35,36,37,38,39,40);;/q2*-2;2*+2. The number of H-pyrrole nitrogens is 4. The third-order valence-electron chi connectivity index (χ3n) is 14.3. The summed E-state index contributed by atoms with van der Waals surface area (Å²) in [5, 5.41) is 33.6. The first-order valence-electron chi connectivity index (χ1n) is 25.8. The molecule has 4 aliphatic heterocycles. The van der Waals surface area contributed by atoms with Crippen molar-refractivity contribution in [3.8, 4) is 0 Å². The van der Waals surface area contributed by atoms with E-state index in [0.717, 1.165) is 66.4 Å². The van der Waals surface area contributed by atoms with Crippen molar-refractivity contribution >= 4 is 91.8 Å². The largest absolute Gasteiger partial charge is 2.00 e. The Morgan fingerprint density at radius 3 is 0.732 bits per heavy atom. The van der Waals surface area contributed by atoms with Crippen molar-refractivity contribution in [3.63, 3.8) is 0 Å². The van der Waals surface area contributed by atoms with Gasteiger partial charge < -0.3 is 82.4 Å². The zero-order valence-electron chi connectivity index (χ0n) is 43.6. The van der Waals surface area contributed by atoms with Crippen LogP contribution in [-0.2, 0) is 61.6 Å². The Hall–Kier alpha value is -10.0. The third kappa shape index (κ3) is 8.67. The third-order valence-corrected chi connectivity index (χ3v) is 14.3. The van der Waals surface area contributed by atoms with E-state index in [0.29, 0.717) is 47.6 Å². The summed E-state index contributed by atoms with van der Waals surface area (Å²) < 4.78 is 0. The van der Waals surface area contributed by atoms with E-state index in [1.54, 1.807) is 0 Å². The molecule has 8 aromatic carbocycles. The average Bonchev–Trinajstić information content (AvgIpc) is 2.57. The van der Waals surface area contributed by atoms with E-state index >= 15 is 0 Å². The Labute approximate surface area is 493 Å². The minimum Gasteiger partial charge on any atom is -0.383 e. The molecule has 12 aromatic rings. The molecule has 4 aliphatic rings.